The number of nitrogens with zero attached hydrogens (tertiary/aromatic N) is 1. The second-order valence-electron chi connectivity index (χ2n) is 2.91. The Morgan fingerprint density at radius 3 is 2.40 bits per heavy atom. The molecular formula is C11H8ClNO2. The molecule has 0 spiro atoms. The highest BCUT2D eigenvalue weighted by atomic mass is 35.5. The number of halogens is 1. The van der Waals surface area contributed by atoms with Gasteiger partial charge in [0.15, 0.2) is 0 Å². The predicted octanol–water partition coefficient (Wildman–Crippen LogP) is 3.23. The van der Waals surface area contributed by atoms with E-state index in [0.29, 0.717) is 16.7 Å². The van der Waals surface area contributed by atoms with Crippen LogP contribution < -0.4 is 4.74 Å². The van der Waals surface area contributed by atoms with Crippen LogP contribution in [0.25, 0.3) is 0 Å². The molecule has 0 aliphatic heterocycles. The summed E-state index contributed by atoms with van der Waals surface area (Å²) in [6, 6.07) is 10.1. The first-order valence-corrected chi connectivity index (χ1v) is 4.70. The van der Waals surface area contributed by atoms with Crippen molar-refractivity contribution in [2.75, 3.05) is 0 Å². The molecule has 2 aromatic rings. The van der Waals surface area contributed by atoms with Crippen molar-refractivity contribution in [2.24, 2.45) is 0 Å². The van der Waals surface area contributed by atoms with Crippen LogP contribution in [0, 0.1) is 0 Å². The molecule has 15 heavy (non-hydrogen) atoms. The minimum atomic E-state index is 0.110. The van der Waals surface area contributed by atoms with Gasteiger partial charge in [0.25, 0.3) is 0 Å². The van der Waals surface area contributed by atoms with E-state index in [4.69, 9.17) is 21.4 Å². The first-order valence-electron chi connectivity index (χ1n) is 4.32. The smallest absolute Gasteiger partial charge is 0.219 e. The first kappa shape index (κ1) is 9.80. The maximum absolute atomic E-state index is 9.02. The Balaban J connectivity index is 2.15. The molecule has 2 rings (SSSR count). The zero-order valence-electron chi connectivity index (χ0n) is 7.72. The topological polar surface area (TPSA) is 42.4 Å². The van der Waals surface area contributed by atoms with E-state index in [-0.39, 0.29) is 5.75 Å². The minimum absolute atomic E-state index is 0.110. The fourth-order valence-electron chi connectivity index (χ4n) is 1.06. The van der Waals surface area contributed by atoms with Gasteiger partial charge in [-0.1, -0.05) is 11.6 Å². The molecular weight excluding hydrogens is 214 g/mol. The summed E-state index contributed by atoms with van der Waals surface area (Å²) >= 11 is 5.73. The van der Waals surface area contributed by atoms with Gasteiger partial charge in [-0.3, -0.25) is 0 Å². The highest BCUT2D eigenvalue weighted by Crippen LogP contribution is 2.22. The van der Waals surface area contributed by atoms with E-state index < -0.39 is 0 Å². The van der Waals surface area contributed by atoms with E-state index in [1.54, 1.807) is 30.3 Å². The number of benzene rings is 1. The van der Waals surface area contributed by atoms with Crippen LogP contribution in [-0.2, 0) is 0 Å². The summed E-state index contributed by atoms with van der Waals surface area (Å²) < 4.78 is 5.41. The summed E-state index contributed by atoms with van der Waals surface area (Å²) in [5.41, 5.74) is 0. The van der Waals surface area contributed by atoms with Crippen LogP contribution in [0.5, 0.6) is 17.4 Å². The summed E-state index contributed by atoms with van der Waals surface area (Å²) in [6.45, 7) is 0. The SMILES string of the molecule is Oc1ccc(Oc2ccc(Cl)cc2)nc1. The maximum Gasteiger partial charge on any atom is 0.219 e. The van der Waals surface area contributed by atoms with Crippen LogP contribution in [0.3, 0.4) is 0 Å². The summed E-state index contributed by atoms with van der Waals surface area (Å²) in [7, 11) is 0. The fraction of sp³-hybridized carbons (Fsp3) is 0. The van der Waals surface area contributed by atoms with Gasteiger partial charge in [-0.05, 0) is 30.3 Å². The van der Waals surface area contributed by atoms with Gasteiger partial charge in [0.05, 0.1) is 6.20 Å². The van der Waals surface area contributed by atoms with Crippen molar-refractivity contribution in [2.45, 2.75) is 0 Å². The van der Waals surface area contributed by atoms with Gasteiger partial charge in [0.1, 0.15) is 11.5 Å². The third-order valence-corrected chi connectivity index (χ3v) is 2.01. The lowest BCUT2D eigenvalue weighted by Gasteiger charge is -2.03. The summed E-state index contributed by atoms with van der Waals surface area (Å²) in [5, 5.41) is 9.68. The third-order valence-electron chi connectivity index (χ3n) is 1.76. The average molecular weight is 222 g/mol. The number of aromatic hydroxyl groups is 1. The number of hydrogen-bond acceptors (Lipinski definition) is 3. The second kappa shape index (κ2) is 4.19. The third kappa shape index (κ3) is 2.60. The molecule has 0 saturated carbocycles. The monoisotopic (exact) mass is 221 g/mol. The van der Waals surface area contributed by atoms with Gasteiger partial charge in [0, 0.05) is 11.1 Å². The van der Waals surface area contributed by atoms with Gasteiger partial charge in [-0.2, -0.15) is 0 Å². The average Bonchev–Trinajstić information content (AvgIpc) is 2.25. The van der Waals surface area contributed by atoms with Gasteiger partial charge < -0.3 is 9.84 Å². The molecule has 0 amide bonds. The van der Waals surface area contributed by atoms with Crippen LogP contribution in [0.4, 0.5) is 0 Å². The minimum Gasteiger partial charge on any atom is -0.506 e. The Hall–Kier alpha value is -1.74. The van der Waals surface area contributed by atoms with Crippen molar-refractivity contribution in [1.82, 2.24) is 4.98 Å². The quantitative estimate of drug-likeness (QED) is 0.847. The normalized spacial score (nSPS) is 9.93. The summed E-state index contributed by atoms with van der Waals surface area (Å²) in [5.74, 6) is 1.19. The van der Waals surface area contributed by atoms with E-state index in [9.17, 15) is 0 Å². The first-order chi connectivity index (χ1) is 7.24. The van der Waals surface area contributed by atoms with Crippen molar-refractivity contribution in [1.29, 1.82) is 0 Å². The largest absolute Gasteiger partial charge is 0.506 e. The molecule has 0 aliphatic carbocycles. The molecule has 76 valence electrons. The second-order valence-corrected chi connectivity index (χ2v) is 3.35. The fourth-order valence-corrected chi connectivity index (χ4v) is 1.18. The molecule has 0 aliphatic rings. The molecule has 1 N–H and O–H groups in total. The van der Waals surface area contributed by atoms with Crippen molar-refractivity contribution in [3.8, 4) is 17.4 Å². The molecule has 0 saturated heterocycles. The molecule has 0 atom stereocenters. The number of hydrogen-bond donors (Lipinski definition) is 1. The summed E-state index contributed by atoms with van der Waals surface area (Å²) in [4.78, 5) is 3.89. The highest BCUT2D eigenvalue weighted by molar-refractivity contribution is 6.30. The van der Waals surface area contributed by atoms with Crippen LogP contribution in [0.1, 0.15) is 0 Å². The van der Waals surface area contributed by atoms with E-state index >= 15 is 0 Å². The van der Waals surface area contributed by atoms with E-state index in [1.807, 2.05) is 0 Å². The van der Waals surface area contributed by atoms with Crippen molar-refractivity contribution in [3.05, 3.63) is 47.6 Å². The van der Waals surface area contributed by atoms with Gasteiger partial charge >= 0.3 is 0 Å². The molecule has 4 heteroatoms. The Labute approximate surface area is 91.9 Å². The zero-order valence-corrected chi connectivity index (χ0v) is 8.48. The van der Waals surface area contributed by atoms with E-state index in [0.717, 1.165) is 0 Å². The Bertz CT molecular complexity index is 396. The lowest BCUT2D eigenvalue weighted by Crippen LogP contribution is -1.86. The molecule has 1 heterocycles. The molecule has 0 fully saturated rings. The summed E-state index contributed by atoms with van der Waals surface area (Å²) in [6.07, 6.45) is 1.32. The van der Waals surface area contributed by atoms with E-state index in [1.165, 1.54) is 12.3 Å². The molecule has 3 nitrogen and oxygen atoms in total. The Morgan fingerprint density at radius 2 is 1.80 bits per heavy atom. The number of rotatable bonds is 2. The van der Waals surface area contributed by atoms with Gasteiger partial charge in [0.2, 0.25) is 5.88 Å². The number of pyridine rings is 1. The van der Waals surface area contributed by atoms with Crippen LogP contribution >= 0.6 is 11.6 Å². The highest BCUT2D eigenvalue weighted by Gasteiger charge is 1.98. The molecule has 0 unspecified atom stereocenters. The van der Waals surface area contributed by atoms with Gasteiger partial charge in [-0.25, -0.2) is 4.98 Å². The van der Waals surface area contributed by atoms with Crippen molar-refractivity contribution in [3.63, 3.8) is 0 Å². The van der Waals surface area contributed by atoms with Crippen LogP contribution in [0.15, 0.2) is 42.6 Å². The predicted molar refractivity (Wildman–Crippen MR) is 57.4 cm³/mol. The maximum atomic E-state index is 9.02. The number of aromatic nitrogens is 1. The van der Waals surface area contributed by atoms with E-state index in [2.05, 4.69) is 4.98 Å². The lowest BCUT2D eigenvalue weighted by atomic mass is 10.3. The standard InChI is InChI=1S/C11H8ClNO2/c12-8-1-4-10(5-2-8)15-11-6-3-9(14)7-13-11/h1-7,14H. The molecule has 0 bridgehead atoms. The van der Waals surface area contributed by atoms with Crippen LogP contribution in [-0.4, -0.2) is 10.1 Å². The van der Waals surface area contributed by atoms with Crippen molar-refractivity contribution >= 4 is 11.6 Å². The Kier molecular flexibility index (Phi) is 2.74. The van der Waals surface area contributed by atoms with Crippen molar-refractivity contribution < 1.29 is 9.84 Å². The zero-order chi connectivity index (χ0) is 10.7. The molecule has 0 radical (unpaired) electrons. The number of ether oxygens (including phenoxy) is 1. The van der Waals surface area contributed by atoms with Crippen LogP contribution in [0.2, 0.25) is 5.02 Å². The molecule has 1 aromatic heterocycles. The molecule has 1 aromatic carbocycles. The lowest BCUT2D eigenvalue weighted by molar-refractivity contribution is 0.447. The Morgan fingerprint density at radius 1 is 1.07 bits per heavy atom. The van der Waals surface area contributed by atoms with Gasteiger partial charge in [-0.15, -0.1) is 0 Å².